The molecule has 0 bridgehead atoms. The van der Waals surface area contributed by atoms with Gasteiger partial charge in [0, 0.05) is 16.7 Å². The van der Waals surface area contributed by atoms with Crippen LogP contribution in [0.15, 0.2) is 60.7 Å². The van der Waals surface area contributed by atoms with Crippen molar-refractivity contribution in [3.05, 3.63) is 99.6 Å². The van der Waals surface area contributed by atoms with Crippen LogP contribution in [0.1, 0.15) is 45.9 Å². The molecular weight excluding hydrogens is 340 g/mol. The number of methoxy groups -OCH3 is 1. The molecule has 0 atom stereocenters. The summed E-state index contributed by atoms with van der Waals surface area (Å²) in [5.74, 6) is 13.8. The molecule has 138 valence electrons. The summed E-state index contributed by atoms with van der Waals surface area (Å²) in [6.07, 6.45) is 0.869. The van der Waals surface area contributed by atoms with Crippen molar-refractivity contribution < 1.29 is 4.74 Å². The lowest BCUT2D eigenvalue weighted by molar-refractivity contribution is 0.413. The van der Waals surface area contributed by atoms with Crippen LogP contribution in [-0.4, -0.2) is 7.11 Å². The first kappa shape index (κ1) is 19.3. The summed E-state index contributed by atoms with van der Waals surface area (Å²) in [6, 6.07) is 20.6. The van der Waals surface area contributed by atoms with Gasteiger partial charge in [0.1, 0.15) is 5.75 Å². The van der Waals surface area contributed by atoms with Gasteiger partial charge in [-0.05, 0) is 62.2 Å². The molecule has 0 unspecified atom stereocenters. The van der Waals surface area contributed by atoms with Gasteiger partial charge < -0.3 is 4.74 Å². The molecule has 3 rings (SSSR count). The fraction of sp³-hybridized carbons (Fsp3) is 0.185. The van der Waals surface area contributed by atoms with Crippen molar-refractivity contribution in [3.63, 3.8) is 0 Å². The van der Waals surface area contributed by atoms with Crippen LogP contribution in [0.25, 0.3) is 0 Å². The van der Waals surface area contributed by atoms with Crippen LogP contribution in [0.2, 0.25) is 0 Å². The van der Waals surface area contributed by atoms with Gasteiger partial charge in [-0.2, -0.15) is 0 Å². The zero-order valence-corrected chi connectivity index (χ0v) is 16.9. The molecule has 1 nitrogen and oxygen atoms in total. The number of aryl methyl sites for hydroxylation is 3. The molecule has 1 heteroatoms. The van der Waals surface area contributed by atoms with E-state index in [1.807, 2.05) is 30.3 Å². The number of hydrogen-bond donors (Lipinski definition) is 0. The van der Waals surface area contributed by atoms with Crippen molar-refractivity contribution >= 4 is 0 Å². The van der Waals surface area contributed by atoms with Gasteiger partial charge in [-0.25, -0.2) is 0 Å². The first-order valence-corrected chi connectivity index (χ1v) is 9.47. The van der Waals surface area contributed by atoms with Gasteiger partial charge in [-0.3, -0.25) is 0 Å². The summed E-state index contributed by atoms with van der Waals surface area (Å²) >= 11 is 0. The first-order valence-electron chi connectivity index (χ1n) is 9.47. The van der Waals surface area contributed by atoms with E-state index in [4.69, 9.17) is 4.74 Å². The fourth-order valence-electron chi connectivity index (χ4n) is 2.88. The van der Waals surface area contributed by atoms with Gasteiger partial charge in [0.05, 0.1) is 12.7 Å². The summed E-state index contributed by atoms with van der Waals surface area (Å²) in [7, 11) is 1.68. The highest BCUT2D eigenvalue weighted by Gasteiger charge is 2.08. The molecule has 0 spiro atoms. The third-order valence-electron chi connectivity index (χ3n) is 4.57. The van der Waals surface area contributed by atoms with Gasteiger partial charge in [-0.1, -0.05) is 66.0 Å². The van der Waals surface area contributed by atoms with Gasteiger partial charge >= 0.3 is 0 Å². The Morgan fingerprint density at radius 2 is 1.18 bits per heavy atom. The third-order valence-corrected chi connectivity index (χ3v) is 4.57. The molecule has 0 heterocycles. The summed E-state index contributed by atoms with van der Waals surface area (Å²) in [5.41, 5.74) is 7.49. The van der Waals surface area contributed by atoms with Crippen molar-refractivity contribution in [2.45, 2.75) is 27.2 Å². The van der Waals surface area contributed by atoms with E-state index in [0.29, 0.717) is 0 Å². The first-order chi connectivity index (χ1) is 13.6. The van der Waals surface area contributed by atoms with Crippen molar-refractivity contribution in [1.29, 1.82) is 0 Å². The van der Waals surface area contributed by atoms with Crippen molar-refractivity contribution in [1.82, 2.24) is 0 Å². The van der Waals surface area contributed by atoms with Crippen LogP contribution < -0.4 is 4.74 Å². The third kappa shape index (κ3) is 4.85. The van der Waals surface area contributed by atoms with Gasteiger partial charge in [0.15, 0.2) is 0 Å². The van der Waals surface area contributed by atoms with E-state index in [0.717, 1.165) is 40.0 Å². The second-order valence-electron chi connectivity index (χ2n) is 6.80. The standard InChI is InChI=1S/C27H24O/c1-5-25-18-24(15-14-22-10-6-20(2)7-11-22)19-27(28-4)26(25)17-16-23-12-8-21(3)9-13-23/h6-13,18-19H,5H2,1-4H3. The lowest BCUT2D eigenvalue weighted by Crippen LogP contribution is -1.96. The molecular formula is C27H24O. The van der Waals surface area contributed by atoms with E-state index in [9.17, 15) is 0 Å². The molecule has 3 aromatic carbocycles. The molecule has 0 aliphatic carbocycles. The molecule has 0 radical (unpaired) electrons. The average Bonchev–Trinajstić information content (AvgIpc) is 2.72. The Kier molecular flexibility index (Phi) is 6.21. The molecule has 0 saturated carbocycles. The van der Waals surface area contributed by atoms with E-state index in [-0.39, 0.29) is 0 Å². The van der Waals surface area contributed by atoms with E-state index in [1.54, 1.807) is 7.11 Å². The SMILES string of the molecule is CCc1cc(C#Cc2ccc(C)cc2)cc(OC)c1C#Cc1ccc(C)cc1. The largest absolute Gasteiger partial charge is 0.495 e. The minimum absolute atomic E-state index is 0.771. The highest BCUT2D eigenvalue weighted by atomic mass is 16.5. The Hall–Kier alpha value is -3.42. The average molecular weight is 364 g/mol. The minimum Gasteiger partial charge on any atom is -0.495 e. The highest BCUT2D eigenvalue weighted by molar-refractivity contribution is 5.58. The van der Waals surface area contributed by atoms with E-state index in [1.165, 1.54) is 11.1 Å². The minimum atomic E-state index is 0.771. The maximum Gasteiger partial charge on any atom is 0.136 e. The maximum atomic E-state index is 5.63. The Labute approximate surface area is 168 Å². The molecule has 0 aliphatic rings. The van der Waals surface area contributed by atoms with Crippen LogP contribution in [0, 0.1) is 37.5 Å². The second kappa shape index (κ2) is 8.98. The Balaban J connectivity index is 1.97. The van der Waals surface area contributed by atoms with Crippen LogP contribution in [-0.2, 0) is 6.42 Å². The number of benzene rings is 3. The van der Waals surface area contributed by atoms with E-state index >= 15 is 0 Å². The van der Waals surface area contributed by atoms with Crippen LogP contribution in [0.4, 0.5) is 0 Å². The van der Waals surface area contributed by atoms with Crippen molar-refractivity contribution in [3.8, 4) is 29.4 Å². The smallest absolute Gasteiger partial charge is 0.136 e. The van der Waals surface area contributed by atoms with E-state index < -0.39 is 0 Å². The predicted octanol–water partition coefficient (Wildman–Crippen LogP) is 5.67. The Bertz CT molecular complexity index is 1050. The molecule has 0 N–H and O–H groups in total. The molecule has 0 saturated heterocycles. The van der Waals surface area contributed by atoms with Crippen LogP contribution >= 0.6 is 0 Å². The summed E-state index contributed by atoms with van der Waals surface area (Å²) in [5, 5.41) is 0. The van der Waals surface area contributed by atoms with Crippen LogP contribution in [0.3, 0.4) is 0 Å². The molecule has 0 aliphatic heterocycles. The van der Waals surface area contributed by atoms with Gasteiger partial charge in [0.25, 0.3) is 0 Å². The quantitative estimate of drug-likeness (QED) is 0.532. The lowest BCUT2D eigenvalue weighted by Gasteiger charge is -2.09. The summed E-state index contributed by atoms with van der Waals surface area (Å²) in [6.45, 7) is 6.28. The summed E-state index contributed by atoms with van der Waals surface area (Å²) < 4.78 is 5.63. The normalized spacial score (nSPS) is 9.71. The number of rotatable bonds is 2. The topological polar surface area (TPSA) is 9.23 Å². The Morgan fingerprint density at radius 3 is 1.68 bits per heavy atom. The number of ether oxygens (including phenoxy) is 1. The molecule has 28 heavy (non-hydrogen) atoms. The van der Waals surface area contributed by atoms with Crippen molar-refractivity contribution in [2.75, 3.05) is 7.11 Å². The molecule has 0 amide bonds. The molecule has 0 aromatic heterocycles. The highest BCUT2D eigenvalue weighted by Crippen LogP contribution is 2.24. The maximum absolute atomic E-state index is 5.63. The second-order valence-corrected chi connectivity index (χ2v) is 6.80. The summed E-state index contributed by atoms with van der Waals surface area (Å²) in [4.78, 5) is 0. The molecule has 3 aromatic rings. The van der Waals surface area contributed by atoms with Gasteiger partial charge in [-0.15, -0.1) is 0 Å². The van der Waals surface area contributed by atoms with Gasteiger partial charge in [0.2, 0.25) is 0 Å². The fourth-order valence-corrected chi connectivity index (χ4v) is 2.88. The lowest BCUT2D eigenvalue weighted by atomic mass is 10.00. The number of hydrogen-bond acceptors (Lipinski definition) is 1. The zero-order chi connectivity index (χ0) is 19.9. The Morgan fingerprint density at radius 1 is 0.679 bits per heavy atom. The van der Waals surface area contributed by atoms with E-state index in [2.05, 4.69) is 74.8 Å². The van der Waals surface area contributed by atoms with Crippen molar-refractivity contribution in [2.24, 2.45) is 0 Å². The monoisotopic (exact) mass is 364 g/mol. The zero-order valence-electron chi connectivity index (χ0n) is 16.9. The van der Waals surface area contributed by atoms with Crippen LogP contribution in [0.5, 0.6) is 5.75 Å². The predicted molar refractivity (Wildman–Crippen MR) is 117 cm³/mol. The molecule has 0 fully saturated rings.